The molecule has 0 N–H and O–H groups in total. The summed E-state index contributed by atoms with van der Waals surface area (Å²) in [4.78, 5) is 12.1. The van der Waals surface area contributed by atoms with Crippen LogP contribution in [0.25, 0.3) is 21.5 Å². The molecule has 3 aromatic carbocycles. The van der Waals surface area contributed by atoms with E-state index in [4.69, 9.17) is 4.74 Å². The van der Waals surface area contributed by atoms with Gasteiger partial charge in [0.2, 0.25) is 5.75 Å². The minimum absolute atomic E-state index is 0.100. The van der Waals surface area contributed by atoms with Gasteiger partial charge in [-0.1, -0.05) is 43.3 Å². The lowest BCUT2D eigenvalue weighted by atomic mass is 9.99. The van der Waals surface area contributed by atoms with E-state index in [1.54, 1.807) is 12.1 Å². The number of hydrogen-bond acceptors (Lipinski definition) is 2. The monoisotopic (exact) mass is 293 g/mol. The molecule has 0 aliphatic heterocycles. The molecule has 1 unspecified atom stereocenters. The van der Waals surface area contributed by atoms with Crippen molar-refractivity contribution in [2.45, 2.75) is 26.4 Å². The van der Waals surface area contributed by atoms with Gasteiger partial charge in [-0.3, -0.25) is 5.11 Å². The number of benzene rings is 3. The largest absolute Gasteiger partial charge is 0.459 e. The van der Waals surface area contributed by atoms with Crippen molar-refractivity contribution in [3.63, 3.8) is 0 Å². The molecule has 3 nitrogen and oxygen atoms in total. The van der Waals surface area contributed by atoms with Crippen LogP contribution in [0.5, 0.6) is 5.75 Å². The summed E-state index contributed by atoms with van der Waals surface area (Å²) in [5.74, 6) is -0.814. The lowest BCUT2D eigenvalue weighted by molar-refractivity contribution is 0.0330. The average Bonchev–Trinajstić information content (AvgIpc) is 2.54. The molecule has 1 radical (unpaired) electrons. The Bertz CT molecular complexity index is 852. The van der Waals surface area contributed by atoms with Crippen molar-refractivity contribution in [2.24, 2.45) is 0 Å². The van der Waals surface area contributed by atoms with E-state index in [0.717, 1.165) is 22.6 Å². The second-order valence-electron chi connectivity index (χ2n) is 5.45. The van der Waals surface area contributed by atoms with Crippen LogP contribution in [0.15, 0.2) is 48.5 Å². The molecule has 3 aromatic rings. The lowest BCUT2D eigenvalue weighted by Crippen LogP contribution is -2.14. The van der Waals surface area contributed by atoms with Crippen molar-refractivity contribution in [1.29, 1.82) is 0 Å². The van der Waals surface area contributed by atoms with Crippen LogP contribution in [0.3, 0.4) is 0 Å². The van der Waals surface area contributed by atoms with E-state index in [1.165, 1.54) is 0 Å². The topological polar surface area (TPSA) is 46.2 Å². The minimum Gasteiger partial charge on any atom is -0.459 e. The van der Waals surface area contributed by atoms with Gasteiger partial charge in [-0.15, -0.1) is 0 Å². The fraction of sp³-hybridized carbons (Fsp3) is 0.211. The Morgan fingerprint density at radius 3 is 2.50 bits per heavy atom. The SMILES string of the molecule is CCC(C)OC(=O)c1ccc2c(ccc3ccccc32)c1[O]. The first-order valence-corrected chi connectivity index (χ1v) is 7.44. The highest BCUT2D eigenvalue weighted by atomic mass is 16.5. The van der Waals surface area contributed by atoms with Gasteiger partial charge in [-0.2, -0.15) is 0 Å². The van der Waals surface area contributed by atoms with Crippen molar-refractivity contribution in [1.82, 2.24) is 0 Å². The normalized spacial score (nSPS) is 12.5. The smallest absolute Gasteiger partial charge is 0.342 e. The Hall–Kier alpha value is -2.55. The summed E-state index contributed by atoms with van der Waals surface area (Å²) in [7, 11) is 0. The molecule has 0 saturated carbocycles. The average molecular weight is 293 g/mol. The van der Waals surface area contributed by atoms with Crippen LogP contribution in [0.1, 0.15) is 30.6 Å². The molecule has 3 heteroatoms. The fourth-order valence-corrected chi connectivity index (χ4v) is 2.55. The summed E-state index contributed by atoms with van der Waals surface area (Å²) in [6, 6.07) is 15.0. The summed E-state index contributed by atoms with van der Waals surface area (Å²) in [6.07, 6.45) is 0.525. The first-order chi connectivity index (χ1) is 10.6. The maximum atomic E-state index is 12.6. The molecular formula is C19H17O3. The molecule has 22 heavy (non-hydrogen) atoms. The number of carbonyl (C=O) groups is 1. The number of carbonyl (C=O) groups excluding carboxylic acids is 1. The van der Waals surface area contributed by atoms with E-state index in [9.17, 15) is 9.90 Å². The van der Waals surface area contributed by atoms with Gasteiger partial charge < -0.3 is 4.74 Å². The zero-order chi connectivity index (χ0) is 15.7. The Morgan fingerprint density at radius 2 is 1.73 bits per heavy atom. The highest BCUT2D eigenvalue weighted by molar-refractivity contribution is 6.12. The predicted octanol–water partition coefficient (Wildman–Crippen LogP) is 5.09. The number of ether oxygens (including phenoxy) is 1. The first kappa shape index (κ1) is 14.4. The van der Waals surface area contributed by atoms with Gasteiger partial charge in [0, 0.05) is 5.39 Å². The fourth-order valence-electron chi connectivity index (χ4n) is 2.55. The quantitative estimate of drug-likeness (QED) is 0.498. The van der Waals surface area contributed by atoms with E-state index in [0.29, 0.717) is 5.39 Å². The molecule has 111 valence electrons. The van der Waals surface area contributed by atoms with Crippen molar-refractivity contribution in [2.75, 3.05) is 0 Å². The van der Waals surface area contributed by atoms with Gasteiger partial charge in [0.15, 0.2) is 0 Å². The lowest BCUT2D eigenvalue weighted by Gasteiger charge is -2.12. The van der Waals surface area contributed by atoms with E-state index in [1.807, 2.05) is 50.2 Å². The zero-order valence-corrected chi connectivity index (χ0v) is 12.6. The molecule has 0 saturated heterocycles. The van der Waals surface area contributed by atoms with Crippen molar-refractivity contribution < 1.29 is 14.6 Å². The molecule has 0 amide bonds. The molecule has 0 aromatic heterocycles. The van der Waals surface area contributed by atoms with Crippen LogP contribution in [0, 0.1) is 0 Å². The molecule has 3 rings (SSSR count). The third-order valence-corrected chi connectivity index (χ3v) is 3.98. The van der Waals surface area contributed by atoms with Crippen molar-refractivity contribution >= 4 is 27.5 Å². The van der Waals surface area contributed by atoms with E-state index in [2.05, 4.69) is 0 Å². The Kier molecular flexibility index (Phi) is 3.72. The molecule has 0 heterocycles. The van der Waals surface area contributed by atoms with Crippen LogP contribution in [0.2, 0.25) is 0 Å². The molecule has 0 aliphatic carbocycles. The summed E-state index contributed by atoms with van der Waals surface area (Å²) >= 11 is 0. The van der Waals surface area contributed by atoms with Crippen LogP contribution in [-0.2, 0) is 9.84 Å². The third-order valence-electron chi connectivity index (χ3n) is 3.98. The first-order valence-electron chi connectivity index (χ1n) is 7.44. The van der Waals surface area contributed by atoms with Gasteiger partial charge >= 0.3 is 5.97 Å². The number of fused-ring (bicyclic) bond motifs is 3. The van der Waals surface area contributed by atoms with Gasteiger partial charge in [0.25, 0.3) is 0 Å². The summed E-state index contributed by atoms with van der Waals surface area (Å²) in [6.45, 7) is 3.75. The minimum atomic E-state index is -0.547. The molecular weight excluding hydrogens is 276 g/mol. The molecule has 0 aliphatic rings. The van der Waals surface area contributed by atoms with E-state index >= 15 is 0 Å². The molecule has 0 fully saturated rings. The second-order valence-corrected chi connectivity index (χ2v) is 5.45. The second kappa shape index (κ2) is 5.68. The van der Waals surface area contributed by atoms with Crippen LogP contribution in [-0.4, -0.2) is 12.1 Å². The van der Waals surface area contributed by atoms with Gasteiger partial charge in [-0.25, -0.2) is 4.79 Å². The van der Waals surface area contributed by atoms with Crippen molar-refractivity contribution in [3.05, 3.63) is 54.1 Å². The Balaban J connectivity index is 2.14. The number of rotatable bonds is 3. The maximum absolute atomic E-state index is 12.6. The van der Waals surface area contributed by atoms with Gasteiger partial charge in [-0.05, 0) is 41.6 Å². The summed E-state index contributed by atoms with van der Waals surface area (Å²) in [5, 5.41) is 16.1. The maximum Gasteiger partial charge on any atom is 0.342 e. The van der Waals surface area contributed by atoms with E-state index < -0.39 is 5.97 Å². The molecule has 0 bridgehead atoms. The third kappa shape index (κ3) is 2.39. The van der Waals surface area contributed by atoms with Crippen LogP contribution >= 0.6 is 0 Å². The molecule has 0 spiro atoms. The highest BCUT2D eigenvalue weighted by Crippen LogP contribution is 2.34. The number of hydrogen-bond donors (Lipinski definition) is 0. The predicted molar refractivity (Wildman–Crippen MR) is 86.8 cm³/mol. The summed E-state index contributed by atoms with van der Waals surface area (Å²) in [5.41, 5.74) is 0.100. The van der Waals surface area contributed by atoms with E-state index in [-0.39, 0.29) is 17.4 Å². The Morgan fingerprint density at radius 1 is 1.00 bits per heavy atom. The highest BCUT2D eigenvalue weighted by Gasteiger charge is 2.19. The van der Waals surface area contributed by atoms with Gasteiger partial charge in [0.1, 0.15) is 5.56 Å². The number of esters is 1. The zero-order valence-electron chi connectivity index (χ0n) is 12.6. The summed E-state index contributed by atoms with van der Waals surface area (Å²) < 4.78 is 5.26. The van der Waals surface area contributed by atoms with Gasteiger partial charge in [0.05, 0.1) is 6.10 Å². The van der Waals surface area contributed by atoms with Crippen molar-refractivity contribution in [3.8, 4) is 5.75 Å². The van der Waals surface area contributed by atoms with Crippen LogP contribution in [0.4, 0.5) is 0 Å². The van der Waals surface area contributed by atoms with Crippen LogP contribution < -0.4 is 0 Å². The Labute approximate surface area is 129 Å². The molecule has 1 atom stereocenters. The standard InChI is InChI=1S/C19H17O3/c1-3-12(2)22-19(21)17-11-10-15-14-7-5-4-6-13(14)8-9-16(15)18(17)20/h4-12H,3H2,1-2H3.